The number of azide groups is 1. The van der Waals surface area contributed by atoms with Crippen molar-refractivity contribution in [2.75, 3.05) is 26.9 Å². The number of methoxy groups -OCH3 is 1. The lowest BCUT2D eigenvalue weighted by Crippen LogP contribution is -2.62. The van der Waals surface area contributed by atoms with Crippen LogP contribution in [0.25, 0.3) is 10.4 Å². The van der Waals surface area contributed by atoms with Crippen LogP contribution in [0.3, 0.4) is 0 Å². The topological polar surface area (TPSA) is 141 Å². The molecule has 0 bridgehead atoms. The van der Waals surface area contributed by atoms with Crippen LogP contribution in [0.5, 0.6) is 11.5 Å². The SMILES string of the molecule is COc1ccc(OC[C@@H](OCc2ccccc2)[C@@H](O[C@@H]2O[C@H](COCc3ccccc3)[C@@H](OCc3ccccc3)[C@H](OCc3ccccc3)[C@H]2N=[N+]=[N-])[C@H](CO[Si](C)(C)C(C)(C)C)OCc2ccccc2)cc1. The first kappa shape index (κ1) is 54.9. The zero-order valence-corrected chi connectivity index (χ0v) is 43.9. The fourth-order valence-corrected chi connectivity index (χ4v) is 9.08. The van der Waals surface area contributed by atoms with Gasteiger partial charge in [0.2, 0.25) is 0 Å². The number of hydrogen-bond acceptors (Lipinski definition) is 11. The summed E-state index contributed by atoms with van der Waals surface area (Å²) < 4.78 is 67.8. The summed E-state index contributed by atoms with van der Waals surface area (Å²) in [5, 5.41) is 4.32. The molecule has 1 saturated heterocycles. The van der Waals surface area contributed by atoms with Gasteiger partial charge in [0.1, 0.15) is 60.8 Å². The monoisotopic (exact) mass is 1010 g/mol. The zero-order valence-electron chi connectivity index (χ0n) is 42.9. The molecule has 14 heteroatoms. The molecule has 0 aliphatic carbocycles. The lowest BCUT2D eigenvalue weighted by molar-refractivity contribution is -0.314. The number of hydrogen-bond donors (Lipinski definition) is 0. The van der Waals surface area contributed by atoms with Gasteiger partial charge in [-0.15, -0.1) is 0 Å². The molecular weight excluding hydrogens is 939 g/mol. The molecule has 0 saturated carbocycles. The summed E-state index contributed by atoms with van der Waals surface area (Å²) in [5.74, 6) is 1.29. The van der Waals surface area contributed by atoms with E-state index in [9.17, 15) is 5.53 Å². The van der Waals surface area contributed by atoms with E-state index in [4.69, 9.17) is 47.1 Å². The first-order valence-electron chi connectivity index (χ1n) is 25.0. The van der Waals surface area contributed by atoms with Crippen LogP contribution in [0.2, 0.25) is 18.1 Å². The van der Waals surface area contributed by atoms with Crippen molar-refractivity contribution in [2.24, 2.45) is 5.11 Å². The van der Waals surface area contributed by atoms with Gasteiger partial charge in [0.05, 0.1) is 53.4 Å². The van der Waals surface area contributed by atoms with Crippen molar-refractivity contribution in [3.05, 3.63) is 214 Å². The second kappa shape index (κ2) is 28.0. The van der Waals surface area contributed by atoms with Crippen LogP contribution < -0.4 is 9.47 Å². The largest absolute Gasteiger partial charge is 0.497 e. The summed E-state index contributed by atoms with van der Waals surface area (Å²) in [6.07, 6.45) is -6.30. The molecule has 0 N–H and O–H groups in total. The van der Waals surface area contributed by atoms with Crippen molar-refractivity contribution >= 4 is 8.32 Å². The van der Waals surface area contributed by atoms with Gasteiger partial charge in [0.25, 0.3) is 0 Å². The summed E-state index contributed by atoms with van der Waals surface area (Å²) >= 11 is 0. The van der Waals surface area contributed by atoms with Gasteiger partial charge < -0.3 is 47.1 Å². The lowest BCUT2D eigenvalue weighted by atomic mass is 9.96. The van der Waals surface area contributed by atoms with Crippen LogP contribution >= 0.6 is 0 Å². The molecule has 0 unspecified atom stereocenters. The molecule has 7 rings (SSSR count). The Balaban J connectivity index is 1.32. The van der Waals surface area contributed by atoms with Crippen LogP contribution in [0.1, 0.15) is 48.6 Å². The molecule has 6 aromatic rings. The van der Waals surface area contributed by atoms with E-state index in [1.54, 1.807) is 7.11 Å². The van der Waals surface area contributed by atoms with Gasteiger partial charge in [-0.25, -0.2) is 0 Å². The third-order valence-electron chi connectivity index (χ3n) is 13.3. The molecule has 73 heavy (non-hydrogen) atoms. The number of rotatable bonds is 28. The van der Waals surface area contributed by atoms with Crippen LogP contribution in [-0.2, 0) is 70.6 Å². The van der Waals surface area contributed by atoms with Crippen LogP contribution in [0.15, 0.2) is 181 Å². The molecule has 6 aromatic carbocycles. The van der Waals surface area contributed by atoms with E-state index in [1.165, 1.54) is 0 Å². The summed E-state index contributed by atoms with van der Waals surface area (Å²) in [6, 6.07) is 55.9. The highest BCUT2D eigenvalue weighted by molar-refractivity contribution is 6.74. The molecule has 0 aromatic heterocycles. The smallest absolute Gasteiger partial charge is 0.192 e. The lowest BCUT2D eigenvalue weighted by Gasteiger charge is -2.47. The minimum atomic E-state index is -2.41. The van der Waals surface area contributed by atoms with E-state index >= 15 is 0 Å². The second-order valence-corrected chi connectivity index (χ2v) is 24.4. The Morgan fingerprint density at radius 1 is 0.575 bits per heavy atom. The highest BCUT2D eigenvalue weighted by atomic mass is 28.4. The molecule has 1 aliphatic heterocycles. The highest BCUT2D eigenvalue weighted by Crippen LogP contribution is 2.38. The van der Waals surface area contributed by atoms with Gasteiger partial charge in [-0.2, -0.15) is 0 Å². The first-order valence-corrected chi connectivity index (χ1v) is 27.9. The maximum absolute atomic E-state index is 10.5. The zero-order chi connectivity index (χ0) is 51.3. The minimum Gasteiger partial charge on any atom is -0.497 e. The standard InChI is InChI=1S/C59H71N3O10Si/c1-59(2,3)73(5,6)70-43-52(67-38-46-26-16-9-17-27-46)55(51(66-37-45-24-14-8-15-25-45)42-65-50-34-32-49(63-4)33-35-50)72-58-54(61-62-60)57(69-40-48-30-20-11-21-31-48)56(68-39-47-28-18-10-19-29-47)53(71-58)41-64-36-44-22-12-7-13-23-44/h7-35,51-58H,36-43H2,1-6H3/t51-,52+,53-,54-,55-,56-,57-,58+/m1/s1. The van der Waals surface area contributed by atoms with E-state index in [0.717, 1.165) is 27.8 Å². The molecule has 0 spiro atoms. The van der Waals surface area contributed by atoms with E-state index in [2.05, 4.69) is 43.9 Å². The molecule has 1 aliphatic rings. The Hall–Kier alpha value is -5.87. The number of benzene rings is 6. The molecule has 0 amide bonds. The summed E-state index contributed by atoms with van der Waals surface area (Å²) in [7, 11) is -0.788. The van der Waals surface area contributed by atoms with E-state index in [1.807, 2.05) is 176 Å². The van der Waals surface area contributed by atoms with E-state index in [0.29, 0.717) is 18.1 Å². The average Bonchev–Trinajstić information content (AvgIpc) is 3.41. The Labute approximate surface area is 432 Å². The maximum Gasteiger partial charge on any atom is 0.192 e. The Bertz CT molecular complexity index is 2520. The second-order valence-electron chi connectivity index (χ2n) is 19.6. The quantitative estimate of drug-likeness (QED) is 0.0202. The molecule has 1 fully saturated rings. The van der Waals surface area contributed by atoms with Crippen LogP contribution in [-0.4, -0.2) is 84.2 Å². The molecule has 8 atom stereocenters. The predicted molar refractivity (Wildman–Crippen MR) is 284 cm³/mol. The highest BCUT2D eigenvalue weighted by Gasteiger charge is 2.50. The Kier molecular flexibility index (Phi) is 21.0. The van der Waals surface area contributed by atoms with E-state index < -0.39 is 57.3 Å². The molecule has 386 valence electrons. The van der Waals surface area contributed by atoms with Crippen molar-refractivity contribution in [1.82, 2.24) is 0 Å². The summed E-state index contributed by atoms with van der Waals surface area (Å²) in [6.45, 7) is 12.4. The number of nitrogens with zero attached hydrogens (tertiary/aromatic N) is 3. The minimum absolute atomic E-state index is 0.0222. The van der Waals surface area contributed by atoms with Gasteiger partial charge in [-0.3, -0.25) is 0 Å². The summed E-state index contributed by atoms with van der Waals surface area (Å²) in [5.41, 5.74) is 15.2. The Morgan fingerprint density at radius 2 is 1.01 bits per heavy atom. The van der Waals surface area contributed by atoms with Crippen molar-refractivity contribution in [3.8, 4) is 11.5 Å². The van der Waals surface area contributed by atoms with Gasteiger partial charge >= 0.3 is 0 Å². The molecule has 1 heterocycles. The predicted octanol–water partition coefficient (Wildman–Crippen LogP) is 12.4. The first-order chi connectivity index (χ1) is 35.5. The molecular formula is C59H71N3O10Si. The normalized spacial score (nSPS) is 19.3. The van der Waals surface area contributed by atoms with Crippen molar-refractivity contribution in [3.63, 3.8) is 0 Å². The van der Waals surface area contributed by atoms with Gasteiger partial charge in [-0.05, 0) is 75.7 Å². The van der Waals surface area contributed by atoms with Crippen LogP contribution in [0.4, 0.5) is 0 Å². The van der Waals surface area contributed by atoms with Gasteiger partial charge in [0, 0.05) is 4.91 Å². The molecule has 13 nitrogen and oxygen atoms in total. The molecule has 0 radical (unpaired) electrons. The van der Waals surface area contributed by atoms with Crippen LogP contribution in [0, 0.1) is 0 Å². The third-order valence-corrected chi connectivity index (χ3v) is 17.8. The van der Waals surface area contributed by atoms with Crippen molar-refractivity contribution in [2.45, 2.75) is 121 Å². The van der Waals surface area contributed by atoms with Gasteiger partial charge in [-0.1, -0.05) is 178 Å². The van der Waals surface area contributed by atoms with Gasteiger partial charge in [0.15, 0.2) is 14.6 Å². The summed E-state index contributed by atoms with van der Waals surface area (Å²) in [4.78, 5) is 3.41. The Morgan fingerprint density at radius 3 is 1.48 bits per heavy atom. The maximum atomic E-state index is 10.5. The van der Waals surface area contributed by atoms with Crippen molar-refractivity contribution in [1.29, 1.82) is 0 Å². The third kappa shape index (κ3) is 16.8. The van der Waals surface area contributed by atoms with Crippen molar-refractivity contribution < 1.29 is 47.1 Å². The number of ether oxygens (including phenoxy) is 9. The fourth-order valence-electron chi connectivity index (χ4n) is 8.07. The average molecular weight is 1010 g/mol. The van der Waals surface area contributed by atoms with E-state index in [-0.39, 0.29) is 51.3 Å². The fraction of sp³-hybridized carbons (Fsp3) is 0.390.